The molecule has 0 spiro atoms. The maximum absolute atomic E-state index is 11.7. The van der Waals surface area contributed by atoms with Crippen molar-refractivity contribution in [1.29, 1.82) is 0 Å². The molecule has 25 heavy (non-hydrogen) atoms. The molecule has 0 unspecified atom stereocenters. The van der Waals surface area contributed by atoms with E-state index in [2.05, 4.69) is 13.8 Å². The molecule has 2 aromatic carbocycles. The topological polar surface area (TPSA) is 55.8 Å². The van der Waals surface area contributed by atoms with Crippen LogP contribution >= 0.6 is 11.3 Å². The number of fused-ring (bicyclic) bond motifs is 1. The van der Waals surface area contributed by atoms with Crippen LogP contribution < -0.4 is 9.47 Å². The summed E-state index contributed by atoms with van der Waals surface area (Å²) in [7, 11) is 1.60. The Kier molecular flexibility index (Phi) is 4.68. The van der Waals surface area contributed by atoms with Gasteiger partial charge in [0.25, 0.3) is 0 Å². The number of ether oxygens (including phenoxy) is 2. The van der Waals surface area contributed by atoms with Crippen LogP contribution in [-0.4, -0.2) is 18.2 Å². The molecule has 0 radical (unpaired) electrons. The zero-order valence-corrected chi connectivity index (χ0v) is 15.4. The Morgan fingerprint density at radius 2 is 1.84 bits per heavy atom. The molecule has 0 saturated carbocycles. The Bertz CT molecular complexity index is 923. The minimum atomic E-state index is -0.994. The van der Waals surface area contributed by atoms with Crippen LogP contribution in [0.4, 0.5) is 0 Å². The standard InChI is InChI=1S/C20H20O4S/c1-11(2)13-5-7-14(8-6-13)24-18-15-10-16(23-4)12(3)9-17(15)25-19(18)20(21)22/h5-11H,1-4H3,(H,21,22). The lowest BCUT2D eigenvalue weighted by Gasteiger charge is -2.10. The quantitative estimate of drug-likeness (QED) is 0.624. The summed E-state index contributed by atoms with van der Waals surface area (Å²) in [6.45, 7) is 6.18. The first-order valence-electron chi connectivity index (χ1n) is 8.03. The molecule has 0 aliphatic rings. The fourth-order valence-corrected chi connectivity index (χ4v) is 3.75. The number of methoxy groups -OCH3 is 1. The molecule has 1 heterocycles. The number of hydrogen-bond acceptors (Lipinski definition) is 4. The summed E-state index contributed by atoms with van der Waals surface area (Å²) in [6.07, 6.45) is 0. The van der Waals surface area contributed by atoms with Crippen molar-refractivity contribution in [2.45, 2.75) is 26.7 Å². The SMILES string of the molecule is COc1cc2c(Oc3ccc(C(C)C)cc3)c(C(=O)O)sc2cc1C. The van der Waals surface area contributed by atoms with Crippen molar-refractivity contribution in [2.75, 3.05) is 7.11 Å². The average molecular weight is 356 g/mol. The molecule has 0 bridgehead atoms. The van der Waals surface area contributed by atoms with Gasteiger partial charge in [-0.05, 0) is 48.2 Å². The lowest BCUT2D eigenvalue weighted by molar-refractivity contribution is 0.0700. The minimum Gasteiger partial charge on any atom is -0.496 e. The summed E-state index contributed by atoms with van der Waals surface area (Å²) >= 11 is 1.21. The minimum absolute atomic E-state index is 0.190. The Labute approximate surface area is 150 Å². The first-order valence-corrected chi connectivity index (χ1v) is 8.84. The van der Waals surface area contributed by atoms with E-state index < -0.39 is 5.97 Å². The third-order valence-corrected chi connectivity index (χ3v) is 5.24. The molecule has 0 saturated heterocycles. The number of carbonyl (C=O) groups is 1. The fourth-order valence-electron chi connectivity index (χ4n) is 2.70. The zero-order chi connectivity index (χ0) is 18.1. The van der Waals surface area contributed by atoms with E-state index in [-0.39, 0.29) is 4.88 Å². The van der Waals surface area contributed by atoms with E-state index in [1.54, 1.807) is 7.11 Å². The number of rotatable bonds is 5. The van der Waals surface area contributed by atoms with E-state index in [9.17, 15) is 9.90 Å². The zero-order valence-electron chi connectivity index (χ0n) is 14.6. The molecule has 3 rings (SSSR count). The number of hydrogen-bond donors (Lipinski definition) is 1. The van der Waals surface area contributed by atoms with Crippen molar-refractivity contribution in [3.63, 3.8) is 0 Å². The molecule has 1 aromatic heterocycles. The molecular formula is C20H20O4S. The highest BCUT2D eigenvalue weighted by Crippen LogP contribution is 2.43. The number of thiophene rings is 1. The van der Waals surface area contributed by atoms with E-state index in [0.29, 0.717) is 23.2 Å². The third kappa shape index (κ3) is 3.33. The number of benzene rings is 2. The van der Waals surface area contributed by atoms with E-state index in [1.807, 2.05) is 43.3 Å². The van der Waals surface area contributed by atoms with E-state index in [1.165, 1.54) is 16.9 Å². The second-order valence-electron chi connectivity index (χ2n) is 6.21. The summed E-state index contributed by atoms with van der Waals surface area (Å²) in [4.78, 5) is 11.9. The van der Waals surface area contributed by atoms with Gasteiger partial charge in [-0.3, -0.25) is 0 Å². The summed E-state index contributed by atoms with van der Waals surface area (Å²) in [5.74, 6) is 1.13. The predicted molar refractivity (Wildman–Crippen MR) is 101 cm³/mol. The number of aryl methyl sites for hydroxylation is 1. The van der Waals surface area contributed by atoms with Crippen molar-refractivity contribution in [3.8, 4) is 17.2 Å². The van der Waals surface area contributed by atoms with E-state index >= 15 is 0 Å². The maximum atomic E-state index is 11.7. The van der Waals surface area contributed by atoms with Gasteiger partial charge in [-0.25, -0.2) is 4.79 Å². The van der Waals surface area contributed by atoms with Gasteiger partial charge in [0, 0.05) is 10.1 Å². The number of carboxylic acids is 1. The van der Waals surface area contributed by atoms with Crippen LogP contribution in [0.25, 0.3) is 10.1 Å². The van der Waals surface area contributed by atoms with Crippen LogP contribution in [0.15, 0.2) is 36.4 Å². The lowest BCUT2D eigenvalue weighted by Crippen LogP contribution is -1.96. The normalized spacial score (nSPS) is 11.1. The molecule has 0 aliphatic heterocycles. The van der Waals surface area contributed by atoms with Crippen molar-refractivity contribution in [3.05, 3.63) is 52.4 Å². The maximum Gasteiger partial charge on any atom is 0.349 e. The van der Waals surface area contributed by atoms with Crippen molar-refractivity contribution in [1.82, 2.24) is 0 Å². The molecule has 5 heteroatoms. The van der Waals surface area contributed by atoms with Crippen LogP contribution in [0.3, 0.4) is 0 Å². The monoisotopic (exact) mass is 356 g/mol. The van der Waals surface area contributed by atoms with Gasteiger partial charge in [0.1, 0.15) is 11.5 Å². The second kappa shape index (κ2) is 6.76. The molecule has 0 atom stereocenters. The molecule has 0 fully saturated rings. The molecule has 4 nitrogen and oxygen atoms in total. The van der Waals surface area contributed by atoms with Crippen LogP contribution in [-0.2, 0) is 0 Å². The van der Waals surface area contributed by atoms with Gasteiger partial charge in [0.15, 0.2) is 10.6 Å². The van der Waals surface area contributed by atoms with Crippen LogP contribution in [0.5, 0.6) is 17.2 Å². The van der Waals surface area contributed by atoms with Crippen molar-refractivity contribution in [2.24, 2.45) is 0 Å². The third-order valence-electron chi connectivity index (χ3n) is 4.12. The number of carboxylic acid groups (broad SMARTS) is 1. The molecule has 130 valence electrons. The van der Waals surface area contributed by atoms with Gasteiger partial charge in [0.2, 0.25) is 0 Å². The van der Waals surface area contributed by atoms with Crippen molar-refractivity contribution >= 4 is 27.4 Å². The summed E-state index contributed by atoms with van der Waals surface area (Å²) < 4.78 is 12.2. The van der Waals surface area contributed by atoms with Crippen molar-refractivity contribution < 1.29 is 19.4 Å². The Morgan fingerprint density at radius 1 is 1.16 bits per heavy atom. The largest absolute Gasteiger partial charge is 0.496 e. The number of aromatic carboxylic acids is 1. The fraction of sp³-hybridized carbons (Fsp3) is 0.250. The average Bonchev–Trinajstić information content (AvgIpc) is 2.92. The van der Waals surface area contributed by atoms with Crippen LogP contribution in [0.1, 0.15) is 40.6 Å². The van der Waals surface area contributed by atoms with Gasteiger partial charge < -0.3 is 14.6 Å². The van der Waals surface area contributed by atoms with Gasteiger partial charge in [-0.15, -0.1) is 11.3 Å². The van der Waals surface area contributed by atoms with Gasteiger partial charge >= 0.3 is 5.97 Å². The summed E-state index contributed by atoms with van der Waals surface area (Å²) in [5.41, 5.74) is 2.17. The van der Waals surface area contributed by atoms with Gasteiger partial charge in [0.05, 0.1) is 7.11 Å². The highest BCUT2D eigenvalue weighted by atomic mass is 32.1. The Balaban J connectivity index is 2.09. The highest BCUT2D eigenvalue weighted by molar-refractivity contribution is 7.21. The molecule has 0 amide bonds. The smallest absolute Gasteiger partial charge is 0.349 e. The van der Waals surface area contributed by atoms with Gasteiger partial charge in [-0.2, -0.15) is 0 Å². The summed E-state index contributed by atoms with van der Waals surface area (Å²) in [6, 6.07) is 11.5. The predicted octanol–water partition coefficient (Wildman–Crippen LogP) is 5.83. The molecular weight excluding hydrogens is 336 g/mol. The van der Waals surface area contributed by atoms with E-state index in [4.69, 9.17) is 9.47 Å². The van der Waals surface area contributed by atoms with E-state index in [0.717, 1.165) is 15.6 Å². The molecule has 3 aromatic rings. The van der Waals surface area contributed by atoms with Crippen LogP contribution in [0.2, 0.25) is 0 Å². The lowest BCUT2D eigenvalue weighted by atomic mass is 10.0. The first kappa shape index (κ1) is 17.3. The summed E-state index contributed by atoms with van der Waals surface area (Å²) in [5, 5.41) is 10.3. The Morgan fingerprint density at radius 3 is 2.40 bits per heavy atom. The highest BCUT2D eigenvalue weighted by Gasteiger charge is 2.21. The molecule has 0 aliphatic carbocycles. The molecule has 1 N–H and O–H groups in total. The van der Waals surface area contributed by atoms with Crippen LogP contribution in [0, 0.1) is 6.92 Å². The Hall–Kier alpha value is -2.53. The second-order valence-corrected chi connectivity index (χ2v) is 7.26. The van der Waals surface area contributed by atoms with Gasteiger partial charge in [-0.1, -0.05) is 26.0 Å². The first-order chi connectivity index (χ1) is 11.9.